The molecule has 0 heterocycles. The van der Waals surface area contributed by atoms with E-state index in [1.165, 1.54) is 0 Å². The van der Waals surface area contributed by atoms with E-state index in [4.69, 9.17) is 0 Å². The predicted molar refractivity (Wildman–Crippen MR) is 66.5 cm³/mol. The summed E-state index contributed by atoms with van der Waals surface area (Å²) in [5, 5.41) is -2.97. The van der Waals surface area contributed by atoms with Gasteiger partial charge in [0.1, 0.15) is 5.16 Å². The molecule has 0 saturated heterocycles. The molecule has 134 valence electrons. The van der Waals surface area contributed by atoms with Gasteiger partial charge in [-0.25, -0.2) is 9.13 Å². The molecule has 0 radical (unpaired) electrons. The van der Waals surface area contributed by atoms with Gasteiger partial charge in [-0.3, -0.25) is 4.57 Å². The Morgan fingerprint density at radius 2 is 1.27 bits per heavy atom. The van der Waals surface area contributed by atoms with Crippen LogP contribution >= 0.6 is 7.60 Å². The molecule has 1 atom stereocenters. The highest BCUT2D eigenvalue weighted by Gasteiger charge is 2.75. The van der Waals surface area contributed by atoms with E-state index in [-0.39, 0.29) is 0 Å². The number of halogens is 6. The van der Waals surface area contributed by atoms with Crippen molar-refractivity contribution in [3.8, 4) is 0 Å². The SMILES string of the molecule is COP(=O)(OC)C(C)(C)C(F)(OC(F)(F)F)C(F)(F)C(C)C. The summed E-state index contributed by atoms with van der Waals surface area (Å²) in [7, 11) is -3.22. The Labute approximate surface area is 124 Å². The molecular formula is C11H19F6O4P. The van der Waals surface area contributed by atoms with Gasteiger partial charge >= 0.3 is 19.9 Å². The van der Waals surface area contributed by atoms with Crippen LogP contribution in [0.1, 0.15) is 27.7 Å². The predicted octanol–water partition coefficient (Wildman–Crippen LogP) is 4.74. The van der Waals surface area contributed by atoms with Crippen molar-refractivity contribution in [2.45, 2.75) is 51.0 Å². The Morgan fingerprint density at radius 3 is 1.50 bits per heavy atom. The fourth-order valence-electron chi connectivity index (χ4n) is 1.84. The van der Waals surface area contributed by atoms with Crippen molar-refractivity contribution in [1.29, 1.82) is 0 Å². The molecule has 22 heavy (non-hydrogen) atoms. The van der Waals surface area contributed by atoms with Gasteiger partial charge in [0, 0.05) is 20.1 Å². The third-order valence-electron chi connectivity index (χ3n) is 3.36. The van der Waals surface area contributed by atoms with Crippen LogP contribution in [0, 0.1) is 5.92 Å². The van der Waals surface area contributed by atoms with Gasteiger partial charge in [0.2, 0.25) is 0 Å². The third-order valence-corrected chi connectivity index (χ3v) is 5.98. The zero-order valence-electron chi connectivity index (χ0n) is 12.9. The van der Waals surface area contributed by atoms with Crippen LogP contribution in [0.5, 0.6) is 0 Å². The van der Waals surface area contributed by atoms with E-state index in [1.54, 1.807) is 0 Å². The van der Waals surface area contributed by atoms with Crippen molar-refractivity contribution in [1.82, 2.24) is 0 Å². The molecule has 0 aromatic heterocycles. The van der Waals surface area contributed by atoms with Crippen LogP contribution < -0.4 is 0 Å². The molecule has 0 aliphatic rings. The maximum Gasteiger partial charge on any atom is 0.525 e. The normalized spacial score (nSPS) is 17.7. The first-order chi connectivity index (χ1) is 9.52. The minimum Gasteiger partial charge on any atom is -0.311 e. The topological polar surface area (TPSA) is 44.8 Å². The summed E-state index contributed by atoms with van der Waals surface area (Å²) in [6, 6.07) is 0. The Morgan fingerprint density at radius 1 is 0.909 bits per heavy atom. The highest BCUT2D eigenvalue weighted by atomic mass is 31.2. The summed E-state index contributed by atoms with van der Waals surface area (Å²) in [6.07, 6.45) is -5.74. The molecule has 0 aliphatic heterocycles. The maximum absolute atomic E-state index is 14.9. The lowest BCUT2D eigenvalue weighted by Crippen LogP contribution is -2.63. The van der Waals surface area contributed by atoms with Gasteiger partial charge in [-0.2, -0.15) is 8.78 Å². The lowest BCUT2D eigenvalue weighted by Gasteiger charge is -2.46. The Bertz CT molecular complexity index is 429. The fourth-order valence-corrected chi connectivity index (χ4v) is 3.45. The number of rotatable bonds is 7. The average Bonchev–Trinajstić information content (AvgIpc) is 2.34. The van der Waals surface area contributed by atoms with Crippen molar-refractivity contribution in [3.05, 3.63) is 0 Å². The second-order valence-electron chi connectivity index (χ2n) is 5.34. The summed E-state index contributed by atoms with van der Waals surface area (Å²) < 4.78 is 105. The highest BCUT2D eigenvalue weighted by molar-refractivity contribution is 7.55. The first-order valence-electron chi connectivity index (χ1n) is 6.07. The van der Waals surface area contributed by atoms with Crippen molar-refractivity contribution >= 4 is 7.60 Å². The molecular weight excluding hydrogens is 341 g/mol. The molecule has 4 nitrogen and oxygen atoms in total. The number of alkyl halides is 6. The molecule has 0 spiro atoms. The van der Waals surface area contributed by atoms with Gasteiger partial charge in [0.15, 0.2) is 0 Å². The molecule has 0 rings (SSSR count). The van der Waals surface area contributed by atoms with E-state index in [2.05, 4.69) is 13.8 Å². The highest BCUT2D eigenvalue weighted by Crippen LogP contribution is 2.67. The number of hydrogen-bond acceptors (Lipinski definition) is 4. The van der Waals surface area contributed by atoms with Gasteiger partial charge in [-0.1, -0.05) is 13.8 Å². The van der Waals surface area contributed by atoms with Crippen molar-refractivity contribution in [2.75, 3.05) is 14.2 Å². The smallest absolute Gasteiger partial charge is 0.311 e. The van der Waals surface area contributed by atoms with Gasteiger partial charge in [-0.05, 0) is 13.8 Å². The molecule has 0 aromatic carbocycles. The monoisotopic (exact) mass is 360 g/mol. The van der Waals surface area contributed by atoms with E-state index < -0.39 is 36.8 Å². The molecule has 0 amide bonds. The molecule has 11 heteroatoms. The van der Waals surface area contributed by atoms with Crippen LogP contribution in [0.4, 0.5) is 26.3 Å². The van der Waals surface area contributed by atoms with Crippen molar-refractivity contribution in [2.24, 2.45) is 5.92 Å². The minimum atomic E-state index is -5.74. The molecule has 1 unspecified atom stereocenters. The van der Waals surface area contributed by atoms with Crippen LogP contribution in [-0.2, 0) is 18.3 Å². The Kier molecular flexibility index (Phi) is 6.21. The standard InChI is InChI=1S/C11H19F6O4P/c1-7(2)9(12,13)10(14,21-11(15,16)17)8(3,4)22(18,19-5)20-6/h7H,1-6H3. The molecule has 0 bridgehead atoms. The van der Waals surface area contributed by atoms with Gasteiger partial charge in [-0.15, -0.1) is 13.2 Å². The van der Waals surface area contributed by atoms with Crippen LogP contribution in [0.2, 0.25) is 0 Å². The van der Waals surface area contributed by atoms with E-state index in [1.807, 2.05) is 0 Å². The first-order valence-corrected chi connectivity index (χ1v) is 7.62. The molecule has 0 saturated carbocycles. The van der Waals surface area contributed by atoms with E-state index in [0.717, 1.165) is 28.1 Å². The summed E-state index contributed by atoms with van der Waals surface area (Å²) in [5.74, 6) is -11.2. The minimum absolute atomic E-state index is 0.558. The van der Waals surface area contributed by atoms with Crippen LogP contribution in [0.3, 0.4) is 0 Å². The first kappa shape index (κ1) is 21.7. The molecule has 0 aromatic rings. The summed E-state index contributed by atoms with van der Waals surface area (Å²) in [4.78, 5) is 0. The molecule has 0 aliphatic carbocycles. The van der Waals surface area contributed by atoms with Crippen LogP contribution in [0.25, 0.3) is 0 Å². The van der Waals surface area contributed by atoms with Crippen LogP contribution in [-0.4, -0.2) is 37.5 Å². The fraction of sp³-hybridized carbons (Fsp3) is 1.00. The largest absolute Gasteiger partial charge is 0.525 e. The molecule has 0 fully saturated rings. The van der Waals surface area contributed by atoms with Gasteiger partial charge < -0.3 is 9.05 Å². The number of ether oxygens (including phenoxy) is 1. The van der Waals surface area contributed by atoms with Gasteiger partial charge in [0.25, 0.3) is 5.85 Å². The quantitative estimate of drug-likeness (QED) is 0.486. The second-order valence-corrected chi connectivity index (χ2v) is 8.19. The molecule has 0 N–H and O–H groups in total. The zero-order valence-corrected chi connectivity index (χ0v) is 13.8. The summed E-state index contributed by atoms with van der Waals surface area (Å²) in [5.41, 5.74) is 0. The van der Waals surface area contributed by atoms with Crippen LogP contribution in [0.15, 0.2) is 0 Å². The van der Waals surface area contributed by atoms with E-state index in [9.17, 15) is 30.9 Å². The zero-order chi connectivity index (χ0) is 18.2. The summed E-state index contributed by atoms with van der Waals surface area (Å²) >= 11 is 0. The van der Waals surface area contributed by atoms with E-state index >= 15 is 0 Å². The van der Waals surface area contributed by atoms with Crippen molar-refractivity contribution in [3.63, 3.8) is 0 Å². The lowest BCUT2D eigenvalue weighted by atomic mass is 9.89. The lowest BCUT2D eigenvalue weighted by molar-refractivity contribution is -0.440. The summed E-state index contributed by atoms with van der Waals surface area (Å²) in [6.45, 7) is 2.72. The van der Waals surface area contributed by atoms with Crippen molar-refractivity contribution < 1.29 is 44.7 Å². The second kappa shape index (κ2) is 6.30. The average molecular weight is 360 g/mol. The number of hydrogen-bond donors (Lipinski definition) is 0. The van der Waals surface area contributed by atoms with Gasteiger partial charge in [0.05, 0.1) is 0 Å². The van der Waals surface area contributed by atoms with E-state index in [0.29, 0.717) is 13.8 Å². The Hall–Kier alpha value is -0.310. The third kappa shape index (κ3) is 3.44. The maximum atomic E-state index is 14.9. The Balaban J connectivity index is 6.39.